The Hall–Kier alpha value is -0.610. The molecule has 0 aliphatic carbocycles. The summed E-state index contributed by atoms with van der Waals surface area (Å²) in [7, 11) is 0. The molecule has 0 aromatic carbocycles. The maximum Gasteiger partial charge on any atom is 0.237 e. The van der Waals surface area contributed by atoms with Crippen molar-refractivity contribution in [2.45, 2.75) is 65.1 Å². The van der Waals surface area contributed by atoms with E-state index in [1.807, 2.05) is 6.92 Å². The lowest BCUT2D eigenvalue weighted by Gasteiger charge is -2.42. The average molecular weight is 255 g/mol. The lowest BCUT2D eigenvalue weighted by molar-refractivity contribution is -0.129. The Morgan fingerprint density at radius 3 is 2.44 bits per heavy atom. The third-order valence-corrected chi connectivity index (χ3v) is 3.93. The molecule has 4 heteroatoms. The van der Waals surface area contributed by atoms with Crippen LogP contribution in [0, 0.1) is 0 Å². The van der Waals surface area contributed by atoms with E-state index in [-0.39, 0.29) is 17.5 Å². The SMILES string of the molecule is CCCN(C1CNC1)C(C)C(=O)NC(C)(C)CC. The van der Waals surface area contributed by atoms with Crippen molar-refractivity contribution in [2.24, 2.45) is 0 Å². The number of carbonyl (C=O) groups excluding carboxylic acids is 1. The van der Waals surface area contributed by atoms with Gasteiger partial charge in [-0.05, 0) is 40.2 Å². The van der Waals surface area contributed by atoms with Crippen molar-refractivity contribution in [2.75, 3.05) is 19.6 Å². The minimum absolute atomic E-state index is 0.0390. The Kier molecular flexibility index (Phi) is 5.60. The third-order valence-electron chi connectivity index (χ3n) is 3.93. The molecule has 0 saturated carbocycles. The van der Waals surface area contributed by atoms with Crippen molar-refractivity contribution in [3.8, 4) is 0 Å². The molecule has 0 aromatic heterocycles. The lowest BCUT2D eigenvalue weighted by Crippen LogP contribution is -2.63. The standard InChI is InChI=1S/C14H29N3O/c1-6-8-17(12-9-15-10-12)11(3)13(18)16-14(4,5)7-2/h11-12,15H,6-10H2,1-5H3,(H,16,18). The van der Waals surface area contributed by atoms with E-state index >= 15 is 0 Å². The highest BCUT2D eigenvalue weighted by Crippen LogP contribution is 2.13. The normalized spacial score (nSPS) is 18.6. The van der Waals surface area contributed by atoms with Gasteiger partial charge in [-0.3, -0.25) is 9.69 Å². The highest BCUT2D eigenvalue weighted by molar-refractivity contribution is 5.82. The van der Waals surface area contributed by atoms with E-state index in [2.05, 4.69) is 43.2 Å². The molecule has 1 rings (SSSR count). The van der Waals surface area contributed by atoms with Gasteiger partial charge < -0.3 is 10.6 Å². The predicted molar refractivity (Wildman–Crippen MR) is 75.6 cm³/mol. The first kappa shape index (κ1) is 15.4. The van der Waals surface area contributed by atoms with E-state index in [0.29, 0.717) is 6.04 Å². The zero-order chi connectivity index (χ0) is 13.8. The zero-order valence-corrected chi connectivity index (χ0v) is 12.5. The van der Waals surface area contributed by atoms with Crippen LogP contribution in [0.25, 0.3) is 0 Å². The molecule has 0 spiro atoms. The lowest BCUT2D eigenvalue weighted by atomic mass is 10.0. The van der Waals surface area contributed by atoms with Crippen molar-refractivity contribution in [1.82, 2.24) is 15.5 Å². The molecule has 18 heavy (non-hydrogen) atoms. The van der Waals surface area contributed by atoms with Gasteiger partial charge in [0.05, 0.1) is 6.04 Å². The van der Waals surface area contributed by atoms with E-state index in [1.165, 1.54) is 0 Å². The van der Waals surface area contributed by atoms with E-state index in [4.69, 9.17) is 0 Å². The van der Waals surface area contributed by atoms with Crippen molar-refractivity contribution < 1.29 is 4.79 Å². The van der Waals surface area contributed by atoms with Gasteiger partial charge in [0.1, 0.15) is 0 Å². The van der Waals surface area contributed by atoms with Crippen molar-refractivity contribution in [1.29, 1.82) is 0 Å². The number of nitrogens with zero attached hydrogens (tertiary/aromatic N) is 1. The molecule has 1 unspecified atom stereocenters. The topological polar surface area (TPSA) is 44.4 Å². The van der Waals surface area contributed by atoms with Gasteiger partial charge in [-0.1, -0.05) is 13.8 Å². The van der Waals surface area contributed by atoms with Crippen molar-refractivity contribution in [3.05, 3.63) is 0 Å². The molecule has 4 nitrogen and oxygen atoms in total. The summed E-state index contributed by atoms with van der Waals surface area (Å²) >= 11 is 0. The van der Waals surface area contributed by atoms with Gasteiger partial charge in [0.25, 0.3) is 0 Å². The average Bonchev–Trinajstić information content (AvgIpc) is 2.24. The van der Waals surface area contributed by atoms with Crippen LogP contribution in [0.3, 0.4) is 0 Å². The minimum atomic E-state index is -0.110. The molecule has 1 fully saturated rings. The second kappa shape index (κ2) is 6.53. The van der Waals surface area contributed by atoms with Crippen LogP contribution in [0.1, 0.15) is 47.5 Å². The monoisotopic (exact) mass is 255 g/mol. The molecule has 1 amide bonds. The Balaban J connectivity index is 2.58. The molecule has 1 aliphatic heterocycles. The first-order chi connectivity index (χ1) is 8.41. The number of hydrogen-bond donors (Lipinski definition) is 2. The smallest absolute Gasteiger partial charge is 0.237 e. The minimum Gasteiger partial charge on any atom is -0.350 e. The van der Waals surface area contributed by atoms with Crippen molar-refractivity contribution >= 4 is 5.91 Å². The zero-order valence-electron chi connectivity index (χ0n) is 12.5. The maximum atomic E-state index is 12.3. The number of hydrogen-bond acceptors (Lipinski definition) is 3. The Morgan fingerprint density at radius 1 is 1.44 bits per heavy atom. The Labute approximate surface area is 111 Å². The second-order valence-corrected chi connectivity index (χ2v) is 5.95. The highest BCUT2D eigenvalue weighted by Gasteiger charge is 2.32. The van der Waals surface area contributed by atoms with Crippen LogP contribution >= 0.6 is 0 Å². The summed E-state index contributed by atoms with van der Waals surface area (Å²) in [4.78, 5) is 14.6. The molecule has 1 heterocycles. The van der Waals surface area contributed by atoms with Crippen LogP contribution in [0.2, 0.25) is 0 Å². The van der Waals surface area contributed by atoms with Crippen molar-refractivity contribution in [3.63, 3.8) is 0 Å². The van der Waals surface area contributed by atoms with E-state index in [9.17, 15) is 4.79 Å². The molecule has 2 N–H and O–H groups in total. The fraction of sp³-hybridized carbons (Fsp3) is 0.929. The summed E-state index contributed by atoms with van der Waals surface area (Å²) in [6.07, 6.45) is 2.04. The molecule has 1 aliphatic rings. The molecule has 0 radical (unpaired) electrons. The van der Waals surface area contributed by atoms with Gasteiger partial charge in [-0.2, -0.15) is 0 Å². The second-order valence-electron chi connectivity index (χ2n) is 5.95. The van der Waals surface area contributed by atoms with Crippen LogP contribution in [0.4, 0.5) is 0 Å². The molecular weight excluding hydrogens is 226 g/mol. The predicted octanol–water partition coefficient (Wildman–Crippen LogP) is 1.36. The van der Waals surface area contributed by atoms with Crippen LogP contribution in [-0.4, -0.2) is 48.1 Å². The fourth-order valence-electron chi connectivity index (χ4n) is 2.14. The van der Waals surface area contributed by atoms with Gasteiger partial charge in [-0.15, -0.1) is 0 Å². The molecule has 0 aromatic rings. The number of carbonyl (C=O) groups is 1. The van der Waals surface area contributed by atoms with Crippen LogP contribution < -0.4 is 10.6 Å². The first-order valence-electron chi connectivity index (χ1n) is 7.19. The quantitative estimate of drug-likeness (QED) is 0.722. The van der Waals surface area contributed by atoms with Crippen LogP contribution in [0.15, 0.2) is 0 Å². The first-order valence-corrected chi connectivity index (χ1v) is 7.19. The molecule has 106 valence electrons. The summed E-state index contributed by atoms with van der Waals surface area (Å²) in [5.74, 6) is 0.155. The molecule has 0 bridgehead atoms. The number of amides is 1. The van der Waals surface area contributed by atoms with Gasteiger partial charge in [0.15, 0.2) is 0 Å². The Morgan fingerprint density at radius 2 is 2.06 bits per heavy atom. The van der Waals surface area contributed by atoms with Crippen LogP contribution in [-0.2, 0) is 4.79 Å². The van der Waals surface area contributed by atoms with Gasteiger partial charge in [0.2, 0.25) is 5.91 Å². The van der Waals surface area contributed by atoms with E-state index < -0.39 is 0 Å². The summed E-state index contributed by atoms with van der Waals surface area (Å²) < 4.78 is 0. The summed E-state index contributed by atoms with van der Waals surface area (Å²) in [5.41, 5.74) is -0.110. The summed E-state index contributed by atoms with van der Waals surface area (Å²) in [5, 5.41) is 6.43. The van der Waals surface area contributed by atoms with Gasteiger partial charge in [-0.25, -0.2) is 0 Å². The maximum absolute atomic E-state index is 12.3. The summed E-state index contributed by atoms with van der Waals surface area (Å²) in [6.45, 7) is 13.5. The number of nitrogens with one attached hydrogen (secondary N) is 2. The third kappa shape index (κ3) is 3.95. The summed E-state index contributed by atoms with van der Waals surface area (Å²) in [6, 6.07) is 0.485. The molecule has 1 atom stereocenters. The van der Waals surface area contributed by atoms with Gasteiger partial charge >= 0.3 is 0 Å². The van der Waals surface area contributed by atoms with Crippen LogP contribution in [0.5, 0.6) is 0 Å². The Bertz CT molecular complexity index is 274. The number of rotatable bonds is 7. The van der Waals surface area contributed by atoms with Gasteiger partial charge in [0, 0.05) is 24.7 Å². The van der Waals surface area contributed by atoms with E-state index in [1.54, 1.807) is 0 Å². The highest BCUT2D eigenvalue weighted by atomic mass is 16.2. The molecular formula is C14H29N3O. The fourth-order valence-corrected chi connectivity index (χ4v) is 2.14. The largest absolute Gasteiger partial charge is 0.350 e. The molecule has 1 saturated heterocycles. The van der Waals surface area contributed by atoms with E-state index in [0.717, 1.165) is 32.5 Å².